The summed E-state index contributed by atoms with van der Waals surface area (Å²) in [4.78, 5) is 23.2. The highest BCUT2D eigenvalue weighted by Crippen LogP contribution is 2.49. The van der Waals surface area contributed by atoms with Crippen LogP contribution < -0.4 is 5.32 Å². The molecule has 0 unspecified atom stereocenters. The molecule has 0 aliphatic heterocycles. The highest BCUT2D eigenvalue weighted by molar-refractivity contribution is 6.15. The van der Waals surface area contributed by atoms with E-state index in [2.05, 4.69) is 5.32 Å². The number of carbonyl (C=O) groups is 2. The molecule has 2 aromatic carbocycles. The molecule has 2 aliphatic carbocycles. The van der Waals surface area contributed by atoms with Gasteiger partial charge in [0.05, 0.1) is 11.1 Å². The van der Waals surface area contributed by atoms with Gasteiger partial charge in [0.1, 0.15) is 5.75 Å². The molecule has 0 bridgehead atoms. The minimum absolute atomic E-state index is 0.0616. The number of ketones is 1. The number of aromatic hydroxyl groups is 1. The summed E-state index contributed by atoms with van der Waals surface area (Å²) < 4.78 is 0. The second-order valence-corrected chi connectivity index (χ2v) is 6.87. The molecule has 0 saturated heterocycles. The lowest BCUT2D eigenvalue weighted by molar-refractivity contribution is 0.0548. The van der Waals surface area contributed by atoms with Gasteiger partial charge in [-0.15, -0.1) is 0 Å². The Labute approximate surface area is 160 Å². The van der Waals surface area contributed by atoms with Crippen LogP contribution in [-0.4, -0.2) is 36.1 Å². The van der Waals surface area contributed by atoms with Crippen LogP contribution in [0.4, 0.5) is 0 Å². The number of phenolic OH excluding ortho intramolecular Hbond substituents is 1. The summed E-state index contributed by atoms with van der Waals surface area (Å²) in [5.41, 5.74) is 0.0726. The Morgan fingerprint density at radius 1 is 0.815 bits per heavy atom. The molecule has 0 spiro atoms. The highest BCUT2D eigenvalue weighted by atomic mass is 16.4. The fourth-order valence-corrected chi connectivity index (χ4v) is 3.24. The standard InChI is InChI=1S/C14H10O4.C6H10.C2H7N/c15-12-8-4-3-7-11(12)13(16)9-5-1-2-6-10(9)14(17)18;1-2-6-4-3-5(1)6;1-3-2/h1-8,15H,(H,17,18);5-6H,1-4H2;3H,1-2H3. The molecule has 27 heavy (non-hydrogen) atoms. The van der Waals surface area contributed by atoms with Crippen LogP contribution in [0.3, 0.4) is 0 Å². The third kappa shape index (κ3) is 5.17. The molecule has 3 N–H and O–H groups in total. The van der Waals surface area contributed by atoms with Gasteiger partial charge < -0.3 is 15.5 Å². The number of carbonyl (C=O) groups excluding carboxylic acids is 1. The first kappa shape index (κ1) is 20.6. The number of carboxylic acids is 1. The molecule has 0 heterocycles. The van der Waals surface area contributed by atoms with Gasteiger partial charge in [0, 0.05) is 5.56 Å². The topological polar surface area (TPSA) is 86.6 Å². The van der Waals surface area contributed by atoms with Crippen LogP contribution in [0, 0.1) is 11.8 Å². The third-order valence-electron chi connectivity index (χ3n) is 5.03. The number of hydrogen-bond acceptors (Lipinski definition) is 4. The fraction of sp³-hybridized carbons (Fsp3) is 0.364. The molecule has 2 aliphatic rings. The summed E-state index contributed by atoms with van der Waals surface area (Å²) in [7, 11) is 3.75. The maximum absolute atomic E-state index is 12.2. The Kier molecular flexibility index (Phi) is 7.55. The zero-order chi connectivity index (χ0) is 19.8. The Bertz CT molecular complexity index is 769. The van der Waals surface area contributed by atoms with Crippen LogP contribution in [-0.2, 0) is 0 Å². The van der Waals surface area contributed by atoms with E-state index >= 15 is 0 Å². The van der Waals surface area contributed by atoms with Gasteiger partial charge in [-0.25, -0.2) is 4.79 Å². The maximum atomic E-state index is 12.2. The van der Waals surface area contributed by atoms with Crippen LogP contribution in [0.1, 0.15) is 52.0 Å². The summed E-state index contributed by atoms with van der Waals surface area (Å²) in [6, 6.07) is 12.0. The minimum Gasteiger partial charge on any atom is -0.507 e. The van der Waals surface area contributed by atoms with Gasteiger partial charge in [0.2, 0.25) is 0 Å². The average molecular weight is 369 g/mol. The first-order chi connectivity index (χ1) is 13.0. The molecule has 5 nitrogen and oxygen atoms in total. The van der Waals surface area contributed by atoms with Gasteiger partial charge in [-0.3, -0.25) is 4.79 Å². The zero-order valence-corrected chi connectivity index (χ0v) is 15.8. The third-order valence-corrected chi connectivity index (χ3v) is 5.03. The van der Waals surface area contributed by atoms with Crippen molar-refractivity contribution in [1.82, 2.24) is 5.32 Å². The predicted octanol–water partition coefficient (Wildman–Crippen LogP) is 3.96. The number of hydrogen-bond donors (Lipinski definition) is 3. The largest absolute Gasteiger partial charge is 0.507 e. The maximum Gasteiger partial charge on any atom is 0.336 e. The highest BCUT2D eigenvalue weighted by Gasteiger charge is 2.37. The number of benzene rings is 2. The lowest BCUT2D eigenvalue weighted by Crippen LogP contribution is -2.34. The number of aromatic carboxylic acids is 1. The van der Waals surface area contributed by atoms with Crippen molar-refractivity contribution in [3.63, 3.8) is 0 Å². The van der Waals surface area contributed by atoms with Crippen LogP contribution in [0.2, 0.25) is 0 Å². The Hall–Kier alpha value is -2.66. The van der Waals surface area contributed by atoms with Crippen molar-refractivity contribution in [3.05, 3.63) is 65.2 Å². The van der Waals surface area contributed by atoms with Gasteiger partial charge in [-0.2, -0.15) is 0 Å². The van der Waals surface area contributed by atoms with Gasteiger partial charge in [-0.1, -0.05) is 30.3 Å². The van der Waals surface area contributed by atoms with Crippen molar-refractivity contribution in [3.8, 4) is 5.75 Å². The molecule has 0 amide bonds. The molecule has 0 radical (unpaired) electrons. The zero-order valence-electron chi connectivity index (χ0n) is 15.8. The molecular weight excluding hydrogens is 342 g/mol. The summed E-state index contributed by atoms with van der Waals surface area (Å²) in [5.74, 6) is 0.582. The molecule has 4 rings (SSSR count). The number of phenols is 1. The van der Waals surface area contributed by atoms with Crippen molar-refractivity contribution >= 4 is 11.8 Å². The number of fused-ring (bicyclic) bond motifs is 1. The van der Waals surface area contributed by atoms with Gasteiger partial charge in [0.15, 0.2) is 5.78 Å². The summed E-state index contributed by atoms with van der Waals surface area (Å²) in [5, 5.41) is 21.4. The summed E-state index contributed by atoms with van der Waals surface area (Å²) in [6.07, 6.45) is 6.24. The number of rotatable bonds is 3. The van der Waals surface area contributed by atoms with Crippen LogP contribution in [0.15, 0.2) is 48.5 Å². The van der Waals surface area contributed by atoms with E-state index in [-0.39, 0.29) is 22.4 Å². The van der Waals surface area contributed by atoms with Crippen LogP contribution in [0.5, 0.6) is 5.75 Å². The Balaban J connectivity index is 0.000000236. The van der Waals surface area contributed by atoms with Crippen LogP contribution in [0.25, 0.3) is 0 Å². The van der Waals surface area contributed by atoms with E-state index < -0.39 is 11.8 Å². The predicted molar refractivity (Wildman–Crippen MR) is 105 cm³/mol. The monoisotopic (exact) mass is 369 g/mol. The minimum atomic E-state index is -1.17. The average Bonchev–Trinajstić information content (AvgIpc) is 2.65. The number of nitrogens with one attached hydrogen (secondary N) is 1. The normalized spacial score (nSPS) is 18.9. The van der Waals surface area contributed by atoms with Crippen molar-refractivity contribution in [2.75, 3.05) is 14.1 Å². The lowest BCUT2D eigenvalue weighted by Gasteiger charge is -2.46. The van der Waals surface area contributed by atoms with E-state index in [1.54, 1.807) is 49.9 Å². The molecule has 144 valence electrons. The lowest BCUT2D eigenvalue weighted by atomic mass is 9.60. The molecule has 0 atom stereocenters. The van der Waals surface area contributed by atoms with Gasteiger partial charge in [-0.05, 0) is 69.8 Å². The first-order valence-corrected chi connectivity index (χ1v) is 9.23. The van der Waals surface area contributed by atoms with E-state index in [4.69, 9.17) is 5.11 Å². The first-order valence-electron chi connectivity index (χ1n) is 9.23. The number of carboxylic acid groups (broad SMARTS) is 1. The second kappa shape index (κ2) is 9.88. The van der Waals surface area contributed by atoms with Gasteiger partial charge >= 0.3 is 5.97 Å². The van der Waals surface area contributed by atoms with E-state index in [1.165, 1.54) is 36.1 Å². The molecule has 2 fully saturated rings. The Morgan fingerprint density at radius 2 is 1.22 bits per heavy atom. The molecular formula is C22H27NO4. The molecule has 2 aromatic rings. The fourth-order valence-electron chi connectivity index (χ4n) is 3.24. The van der Waals surface area contributed by atoms with Gasteiger partial charge in [0.25, 0.3) is 0 Å². The van der Waals surface area contributed by atoms with Crippen LogP contribution >= 0.6 is 0 Å². The summed E-state index contributed by atoms with van der Waals surface area (Å²) >= 11 is 0. The molecule has 2 saturated carbocycles. The van der Waals surface area contributed by atoms with E-state index in [9.17, 15) is 14.7 Å². The SMILES string of the molecule is C1CC2CCC12.CNC.O=C(O)c1ccccc1C(=O)c1ccccc1O. The molecule has 0 aromatic heterocycles. The van der Waals surface area contributed by atoms with Crippen molar-refractivity contribution in [1.29, 1.82) is 0 Å². The second-order valence-electron chi connectivity index (χ2n) is 6.87. The quantitative estimate of drug-likeness (QED) is 0.713. The Morgan fingerprint density at radius 3 is 1.59 bits per heavy atom. The number of para-hydroxylation sites is 1. The van der Waals surface area contributed by atoms with E-state index in [1.807, 2.05) is 14.1 Å². The van der Waals surface area contributed by atoms with E-state index in [0.717, 1.165) is 0 Å². The van der Waals surface area contributed by atoms with E-state index in [0.29, 0.717) is 0 Å². The smallest absolute Gasteiger partial charge is 0.336 e. The summed E-state index contributed by atoms with van der Waals surface area (Å²) in [6.45, 7) is 0. The van der Waals surface area contributed by atoms with Crippen molar-refractivity contribution in [2.45, 2.75) is 25.7 Å². The van der Waals surface area contributed by atoms with Crippen molar-refractivity contribution in [2.24, 2.45) is 11.8 Å². The van der Waals surface area contributed by atoms with Crippen molar-refractivity contribution < 1.29 is 19.8 Å². The molecule has 5 heteroatoms.